The van der Waals surface area contributed by atoms with Crippen LogP contribution in [-0.2, 0) is 9.59 Å². The first-order valence-corrected chi connectivity index (χ1v) is 8.33. The Morgan fingerprint density at radius 1 is 1.22 bits per heavy atom. The summed E-state index contributed by atoms with van der Waals surface area (Å²) in [6.07, 6.45) is 2.57. The van der Waals surface area contributed by atoms with E-state index in [1.165, 1.54) is 0 Å². The topological polar surface area (TPSA) is 92.4 Å². The predicted octanol–water partition coefficient (Wildman–Crippen LogP) is 2.17. The van der Waals surface area contributed by atoms with E-state index in [9.17, 15) is 14.7 Å². The van der Waals surface area contributed by atoms with Crippen LogP contribution in [0.1, 0.15) is 43.8 Å². The highest BCUT2D eigenvalue weighted by molar-refractivity contribution is 6.30. The Labute approximate surface area is 141 Å². The van der Waals surface area contributed by atoms with Crippen LogP contribution in [-0.4, -0.2) is 23.5 Å². The third kappa shape index (κ3) is 5.52. The SMILES string of the molecule is NC(=O)C1CCC(CNC(=O)CC(O)c2ccc(Cl)cc2)CC1. The van der Waals surface area contributed by atoms with Crippen molar-refractivity contribution in [1.82, 2.24) is 5.32 Å². The Hall–Kier alpha value is -1.59. The van der Waals surface area contributed by atoms with Gasteiger partial charge in [-0.1, -0.05) is 23.7 Å². The molecule has 4 N–H and O–H groups in total. The van der Waals surface area contributed by atoms with Crippen molar-refractivity contribution in [2.24, 2.45) is 17.6 Å². The van der Waals surface area contributed by atoms with Gasteiger partial charge in [0.2, 0.25) is 11.8 Å². The zero-order chi connectivity index (χ0) is 16.8. The maximum atomic E-state index is 11.9. The van der Waals surface area contributed by atoms with E-state index in [2.05, 4.69) is 5.32 Å². The van der Waals surface area contributed by atoms with Crippen LogP contribution in [0.5, 0.6) is 0 Å². The van der Waals surface area contributed by atoms with Gasteiger partial charge in [0.05, 0.1) is 12.5 Å². The summed E-state index contributed by atoms with van der Waals surface area (Å²) in [5.41, 5.74) is 5.98. The maximum Gasteiger partial charge on any atom is 0.222 e. The molecule has 1 saturated carbocycles. The van der Waals surface area contributed by atoms with E-state index in [0.29, 0.717) is 23.0 Å². The number of aliphatic hydroxyl groups excluding tert-OH is 1. The normalized spacial score (nSPS) is 22.3. The zero-order valence-electron chi connectivity index (χ0n) is 13.0. The quantitative estimate of drug-likeness (QED) is 0.742. The number of amides is 2. The van der Waals surface area contributed by atoms with E-state index in [1.54, 1.807) is 24.3 Å². The molecule has 0 spiro atoms. The Morgan fingerprint density at radius 2 is 1.83 bits per heavy atom. The van der Waals surface area contributed by atoms with Gasteiger partial charge in [-0.2, -0.15) is 0 Å². The molecule has 0 radical (unpaired) electrons. The number of halogens is 1. The third-order valence-electron chi connectivity index (χ3n) is 4.47. The summed E-state index contributed by atoms with van der Waals surface area (Å²) in [6, 6.07) is 6.81. The van der Waals surface area contributed by atoms with Gasteiger partial charge in [-0.25, -0.2) is 0 Å². The van der Waals surface area contributed by atoms with Gasteiger partial charge in [0, 0.05) is 17.5 Å². The van der Waals surface area contributed by atoms with Crippen molar-refractivity contribution in [3.63, 3.8) is 0 Å². The molecule has 6 heteroatoms. The minimum absolute atomic E-state index is 0.0197. The molecular formula is C17H23ClN2O3. The van der Waals surface area contributed by atoms with E-state index in [0.717, 1.165) is 25.7 Å². The maximum absolute atomic E-state index is 11.9. The van der Waals surface area contributed by atoms with Gasteiger partial charge in [0.15, 0.2) is 0 Å². The van der Waals surface area contributed by atoms with Crippen molar-refractivity contribution in [1.29, 1.82) is 0 Å². The highest BCUT2D eigenvalue weighted by Gasteiger charge is 2.25. The van der Waals surface area contributed by atoms with Crippen molar-refractivity contribution >= 4 is 23.4 Å². The third-order valence-corrected chi connectivity index (χ3v) is 4.72. The van der Waals surface area contributed by atoms with Gasteiger partial charge in [0.1, 0.15) is 0 Å². The molecule has 0 heterocycles. The van der Waals surface area contributed by atoms with Crippen molar-refractivity contribution < 1.29 is 14.7 Å². The van der Waals surface area contributed by atoms with E-state index in [4.69, 9.17) is 17.3 Å². The second-order valence-electron chi connectivity index (χ2n) is 6.20. The second kappa shape index (κ2) is 8.31. The molecule has 0 saturated heterocycles. The molecule has 1 aliphatic carbocycles. The summed E-state index contributed by atoms with van der Waals surface area (Å²) in [5, 5.41) is 13.5. The molecule has 1 aromatic rings. The summed E-state index contributed by atoms with van der Waals surface area (Å²) >= 11 is 5.80. The minimum Gasteiger partial charge on any atom is -0.388 e. The van der Waals surface area contributed by atoms with Crippen molar-refractivity contribution in [2.75, 3.05) is 6.54 Å². The number of primary amides is 1. The minimum atomic E-state index is -0.835. The van der Waals surface area contributed by atoms with E-state index >= 15 is 0 Å². The zero-order valence-corrected chi connectivity index (χ0v) is 13.8. The molecule has 1 aromatic carbocycles. The molecule has 2 rings (SSSR count). The predicted molar refractivity (Wildman–Crippen MR) is 88.7 cm³/mol. The number of carbonyl (C=O) groups excluding carboxylic acids is 2. The highest BCUT2D eigenvalue weighted by Crippen LogP contribution is 2.28. The van der Waals surface area contributed by atoms with Gasteiger partial charge in [-0.05, 0) is 49.3 Å². The fourth-order valence-corrected chi connectivity index (χ4v) is 3.09. The summed E-state index contributed by atoms with van der Waals surface area (Å²) in [5.74, 6) is -0.0426. The number of rotatable bonds is 6. The molecule has 0 aromatic heterocycles. The lowest BCUT2D eigenvalue weighted by Gasteiger charge is -2.26. The van der Waals surface area contributed by atoms with Crippen molar-refractivity contribution in [3.8, 4) is 0 Å². The van der Waals surface area contributed by atoms with Crippen molar-refractivity contribution in [2.45, 2.75) is 38.2 Å². The number of aliphatic hydroxyl groups is 1. The Morgan fingerprint density at radius 3 is 2.39 bits per heavy atom. The molecule has 0 bridgehead atoms. The van der Waals surface area contributed by atoms with Crippen LogP contribution in [0.3, 0.4) is 0 Å². The van der Waals surface area contributed by atoms with Gasteiger partial charge in [-0.15, -0.1) is 0 Å². The van der Waals surface area contributed by atoms with E-state index < -0.39 is 6.10 Å². The van der Waals surface area contributed by atoms with E-state index in [-0.39, 0.29) is 24.2 Å². The lowest BCUT2D eigenvalue weighted by atomic mass is 9.81. The van der Waals surface area contributed by atoms with Crippen molar-refractivity contribution in [3.05, 3.63) is 34.9 Å². The lowest BCUT2D eigenvalue weighted by molar-refractivity contribution is -0.124. The number of carbonyl (C=O) groups is 2. The molecule has 2 amide bonds. The lowest BCUT2D eigenvalue weighted by Crippen LogP contribution is -2.34. The fraction of sp³-hybridized carbons (Fsp3) is 0.529. The first kappa shape index (κ1) is 17.8. The molecule has 126 valence electrons. The monoisotopic (exact) mass is 338 g/mol. The Balaban J connectivity index is 1.71. The first-order valence-electron chi connectivity index (χ1n) is 7.95. The molecule has 1 atom stereocenters. The van der Waals surface area contributed by atoms with Gasteiger partial charge < -0.3 is 16.2 Å². The molecule has 1 aliphatic rings. The number of nitrogens with two attached hydrogens (primary N) is 1. The first-order chi connectivity index (χ1) is 11.0. The molecule has 23 heavy (non-hydrogen) atoms. The fourth-order valence-electron chi connectivity index (χ4n) is 2.96. The van der Waals surface area contributed by atoms with Gasteiger partial charge in [0.25, 0.3) is 0 Å². The Bertz CT molecular complexity index is 539. The molecule has 0 aliphatic heterocycles. The van der Waals surface area contributed by atoms with Crippen LogP contribution in [0.2, 0.25) is 5.02 Å². The summed E-state index contributed by atoms with van der Waals surface area (Å²) in [6.45, 7) is 0.581. The molecule has 1 unspecified atom stereocenters. The summed E-state index contributed by atoms with van der Waals surface area (Å²) < 4.78 is 0. The molecular weight excluding hydrogens is 316 g/mol. The smallest absolute Gasteiger partial charge is 0.222 e. The van der Waals surface area contributed by atoms with Crippen LogP contribution in [0, 0.1) is 11.8 Å². The number of hydrogen-bond acceptors (Lipinski definition) is 3. The number of hydrogen-bond donors (Lipinski definition) is 3. The summed E-state index contributed by atoms with van der Waals surface area (Å²) in [7, 11) is 0. The number of nitrogens with one attached hydrogen (secondary N) is 1. The molecule has 5 nitrogen and oxygen atoms in total. The van der Waals surface area contributed by atoms with Crippen LogP contribution < -0.4 is 11.1 Å². The van der Waals surface area contributed by atoms with Crippen LogP contribution >= 0.6 is 11.6 Å². The Kier molecular flexibility index (Phi) is 6.42. The second-order valence-corrected chi connectivity index (χ2v) is 6.63. The van der Waals surface area contributed by atoms with Gasteiger partial charge in [-0.3, -0.25) is 9.59 Å². The van der Waals surface area contributed by atoms with E-state index in [1.807, 2.05) is 0 Å². The number of benzene rings is 1. The average molecular weight is 339 g/mol. The average Bonchev–Trinajstić information content (AvgIpc) is 2.54. The summed E-state index contributed by atoms with van der Waals surface area (Å²) in [4.78, 5) is 23.1. The highest BCUT2D eigenvalue weighted by atomic mass is 35.5. The van der Waals surface area contributed by atoms with Crippen LogP contribution in [0.25, 0.3) is 0 Å². The standard InChI is InChI=1S/C17H23ClN2O3/c18-14-7-5-12(6-8-14)15(21)9-16(22)20-10-11-1-3-13(4-2-11)17(19)23/h5-8,11,13,15,21H,1-4,9-10H2,(H2,19,23)(H,20,22). The largest absolute Gasteiger partial charge is 0.388 e. The molecule has 1 fully saturated rings. The van der Waals surface area contributed by atoms with Gasteiger partial charge >= 0.3 is 0 Å². The van der Waals surface area contributed by atoms with Crippen LogP contribution in [0.4, 0.5) is 0 Å². The van der Waals surface area contributed by atoms with Crippen LogP contribution in [0.15, 0.2) is 24.3 Å².